The van der Waals surface area contributed by atoms with E-state index in [1.54, 1.807) is 6.20 Å². The summed E-state index contributed by atoms with van der Waals surface area (Å²) < 4.78 is 6.57. The number of aliphatic hydroxyl groups excluding tert-OH is 1. The second kappa shape index (κ2) is 5.12. The van der Waals surface area contributed by atoms with E-state index in [1.807, 2.05) is 19.1 Å². The van der Waals surface area contributed by atoms with Crippen molar-refractivity contribution < 1.29 is 9.84 Å². The van der Waals surface area contributed by atoms with Crippen LogP contribution >= 0.6 is 15.9 Å². The lowest BCUT2D eigenvalue weighted by atomic mass is 10.2. The minimum atomic E-state index is -0.127. The Balaban J connectivity index is 2.17. The molecule has 5 heteroatoms. The maximum Gasteiger partial charge on any atom is 0.143 e. The summed E-state index contributed by atoms with van der Waals surface area (Å²) in [6.45, 7) is 3.53. The molecule has 0 saturated carbocycles. The topological polar surface area (TPSA) is 45.6 Å². The molecule has 1 aromatic rings. The summed E-state index contributed by atoms with van der Waals surface area (Å²) in [5.41, 5.74) is 0. The summed E-state index contributed by atoms with van der Waals surface area (Å²) in [5.74, 6) is 0.913. The standard InChI is InChI=1S/C11H15BrN2O2/c1-8-5-14(6-9(7-15)16-8)11-10(12)3-2-4-13-11/h2-4,8-9,15H,5-7H2,1H3. The Bertz CT molecular complexity index is 362. The molecule has 0 aliphatic carbocycles. The van der Waals surface area contributed by atoms with Gasteiger partial charge in [0.2, 0.25) is 0 Å². The number of morpholine rings is 1. The van der Waals surface area contributed by atoms with Crippen molar-refractivity contribution in [2.24, 2.45) is 0 Å². The average molecular weight is 287 g/mol. The van der Waals surface area contributed by atoms with E-state index in [0.29, 0.717) is 6.54 Å². The summed E-state index contributed by atoms with van der Waals surface area (Å²) in [7, 11) is 0. The van der Waals surface area contributed by atoms with Crippen molar-refractivity contribution in [2.75, 3.05) is 24.6 Å². The van der Waals surface area contributed by atoms with Crippen LogP contribution < -0.4 is 4.90 Å². The van der Waals surface area contributed by atoms with Crippen molar-refractivity contribution >= 4 is 21.7 Å². The zero-order chi connectivity index (χ0) is 11.5. The molecule has 2 rings (SSSR count). The minimum Gasteiger partial charge on any atom is -0.394 e. The summed E-state index contributed by atoms with van der Waals surface area (Å²) >= 11 is 3.49. The second-order valence-corrected chi connectivity index (χ2v) is 4.82. The van der Waals surface area contributed by atoms with Crippen molar-refractivity contribution in [3.8, 4) is 0 Å². The maximum atomic E-state index is 9.16. The number of aromatic nitrogens is 1. The van der Waals surface area contributed by atoms with Crippen molar-refractivity contribution in [1.82, 2.24) is 4.98 Å². The molecule has 4 nitrogen and oxygen atoms in total. The molecule has 0 aromatic carbocycles. The third kappa shape index (κ3) is 2.53. The molecule has 1 saturated heterocycles. The first-order valence-corrected chi connectivity index (χ1v) is 6.11. The zero-order valence-electron chi connectivity index (χ0n) is 9.14. The quantitative estimate of drug-likeness (QED) is 0.894. The third-order valence-corrected chi connectivity index (χ3v) is 3.19. The van der Waals surface area contributed by atoms with E-state index < -0.39 is 0 Å². The van der Waals surface area contributed by atoms with Gasteiger partial charge in [0.05, 0.1) is 23.3 Å². The second-order valence-electron chi connectivity index (χ2n) is 3.97. The van der Waals surface area contributed by atoms with Crippen molar-refractivity contribution in [3.05, 3.63) is 22.8 Å². The molecule has 1 aliphatic rings. The van der Waals surface area contributed by atoms with Crippen LogP contribution in [0.5, 0.6) is 0 Å². The van der Waals surface area contributed by atoms with Gasteiger partial charge in [-0.2, -0.15) is 0 Å². The highest BCUT2D eigenvalue weighted by atomic mass is 79.9. The Morgan fingerprint density at radius 2 is 2.44 bits per heavy atom. The molecule has 1 N–H and O–H groups in total. The van der Waals surface area contributed by atoms with E-state index in [1.165, 1.54) is 0 Å². The molecule has 88 valence electrons. The number of aliphatic hydroxyl groups is 1. The van der Waals surface area contributed by atoms with Crippen LogP contribution in [-0.2, 0) is 4.74 Å². The van der Waals surface area contributed by atoms with E-state index >= 15 is 0 Å². The summed E-state index contributed by atoms with van der Waals surface area (Å²) in [5, 5.41) is 9.16. The molecule has 1 aliphatic heterocycles. The van der Waals surface area contributed by atoms with E-state index in [9.17, 15) is 0 Å². The normalized spacial score (nSPS) is 25.8. The Hall–Kier alpha value is -0.650. The highest BCUT2D eigenvalue weighted by Gasteiger charge is 2.26. The number of nitrogens with zero attached hydrogens (tertiary/aromatic N) is 2. The lowest BCUT2D eigenvalue weighted by molar-refractivity contribution is -0.0423. The van der Waals surface area contributed by atoms with E-state index in [-0.39, 0.29) is 18.8 Å². The van der Waals surface area contributed by atoms with Gasteiger partial charge in [-0.3, -0.25) is 0 Å². The fraction of sp³-hybridized carbons (Fsp3) is 0.545. The van der Waals surface area contributed by atoms with Crippen molar-refractivity contribution in [1.29, 1.82) is 0 Å². The fourth-order valence-corrected chi connectivity index (χ4v) is 2.43. The van der Waals surface area contributed by atoms with Crippen molar-refractivity contribution in [3.63, 3.8) is 0 Å². The van der Waals surface area contributed by atoms with E-state index in [0.717, 1.165) is 16.8 Å². The van der Waals surface area contributed by atoms with Crippen LogP contribution in [0.1, 0.15) is 6.92 Å². The van der Waals surface area contributed by atoms with Crippen LogP contribution in [0, 0.1) is 0 Å². The molecular formula is C11H15BrN2O2. The first kappa shape index (κ1) is 11.8. The molecule has 0 radical (unpaired) electrons. The van der Waals surface area contributed by atoms with E-state index in [4.69, 9.17) is 9.84 Å². The summed E-state index contributed by atoms with van der Waals surface area (Å²) in [6, 6.07) is 3.86. The first-order chi connectivity index (χ1) is 7.70. The minimum absolute atomic E-state index is 0.0469. The Labute approximate surface area is 103 Å². The Morgan fingerprint density at radius 1 is 1.62 bits per heavy atom. The molecule has 1 aromatic heterocycles. The third-order valence-electron chi connectivity index (χ3n) is 2.57. The van der Waals surface area contributed by atoms with Gasteiger partial charge in [0, 0.05) is 19.3 Å². The summed E-state index contributed by atoms with van der Waals surface area (Å²) in [6.07, 6.45) is 1.76. The lowest BCUT2D eigenvalue weighted by Crippen LogP contribution is -2.48. The smallest absolute Gasteiger partial charge is 0.143 e. The van der Waals surface area contributed by atoms with Gasteiger partial charge in [0.15, 0.2) is 0 Å². The molecule has 0 bridgehead atoms. The van der Waals surface area contributed by atoms with Crippen LogP contribution in [-0.4, -0.2) is 42.0 Å². The van der Waals surface area contributed by atoms with Gasteiger partial charge in [0.25, 0.3) is 0 Å². The molecular weight excluding hydrogens is 272 g/mol. The van der Waals surface area contributed by atoms with Gasteiger partial charge in [0.1, 0.15) is 5.82 Å². The molecule has 2 heterocycles. The van der Waals surface area contributed by atoms with Crippen LogP contribution in [0.15, 0.2) is 22.8 Å². The number of hydrogen-bond donors (Lipinski definition) is 1. The summed E-state index contributed by atoms with van der Waals surface area (Å²) in [4.78, 5) is 6.49. The van der Waals surface area contributed by atoms with Gasteiger partial charge in [-0.1, -0.05) is 0 Å². The largest absolute Gasteiger partial charge is 0.394 e. The number of pyridine rings is 1. The number of halogens is 1. The molecule has 16 heavy (non-hydrogen) atoms. The van der Waals surface area contributed by atoms with Crippen LogP contribution in [0.25, 0.3) is 0 Å². The lowest BCUT2D eigenvalue weighted by Gasteiger charge is -2.37. The first-order valence-electron chi connectivity index (χ1n) is 5.32. The predicted octanol–water partition coefficient (Wildman–Crippen LogP) is 1.43. The number of hydrogen-bond acceptors (Lipinski definition) is 4. The van der Waals surface area contributed by atoms with Crippen LogP contribution in [0.4, 0.5) is 5.82 Å². The molecule has 2 atom stereocenters. The van der Waals surface area contributed by atoms with Crippen molar-refractivity contribution in [2.45, 2.75) is 19.1 Å². The number of anilines is 1. The highest BCUT2D eigenvalue weighted by Crippen LogP contribution is 2.25. The number of rotatable bonds is 2. The predicted molar refractivity (Wildman–Crippen MR) is 65.6 cm³/mol. The number of ether oxygens (including phenoxy) is 1. The van der Waals surface area contributed by atoms with Gasteiger partial charge >= 0.3 is 0 Å². The van der Waals surface area contributed by atoms with Gasteiger partial charge in [-0.25, -0.2) is 4.98 Å². The van der Waals surface area contributed by atoms with Crippen LogP contribution in [0.2, 0.25) is 0 Å². The average Bonchev–Trinajstić information content (AvgIpc) is 2.28. The molecule has 0 amide bonds. The maximum absolute atomic E-state index is 9.16. The molecule has 1 fully saturated rings. The SMILES string of the molecule is CC1CN(c2ncccc2Br)CC(CO)O1. The van der Waals surface area contributed by atoms with Gasteiger partial charge < -0.3 is 14.7 Å². The monoisotopic (exact) mass is 286 g/mol. The highest BCUT2D eigenvalue weighted by molar-refractivity contribution is 9.10. The Kier molecular flexibility index (Phi) is 3.78. The molecule has 2 unspecified atom stereocenters. The van der Waals surface area contributed by atoms with E-state index in [2.05, 4.69) is 25.8 Å². The molecule has 0 spiro atoms. The van der Waals surface area contributed by atoms with Gasteiger partial charge in [-0.05, 0) is 35.0 Å². The fourth-order valence-electron chi connectivity index (χ4n) is 1.93. The van der Waals surface area contributed by atoms with Crippen LogP contribution in [0.3, 0.4) is 0 Å². The zero-order valence-corrected chi connectivity index (χ0v) is 10.7. The van der Waals surface area contributed by atoms with Gasteiger partial charge in [-0.15, -0.1) is 0 Å². The Morgan fingerprint density at radius 3 is 3.12 bits per heavy atom.